The number of anilines is 2. The molecular formula is C26H26ClF3N8O. The Balaban J connectivity index is 1.50. The molecular weight excluding hydrogens is 533 g/mol. The van der Waals surface area contributed by atoms with Crippen molar-refractivity contribution in [3.8, 4) is 22.9 Å². The van der Waals surface area contributed by atoms with Crippen LogP contribution in [-0.4, -0.2) is 48.8 Å². The lowest BCUT2D eigenvalue weighted by Gasteiger charge is -2.34. The van der Waals surface area contributed by atoms with E-state index in [1.54, 1.807) is 28.9 Å². The highest BCUT2D eigenvalue weighted by Gasteiger charge is 2.31. The van der Waals surface area contributed by atoms with Crippen molar-refractivity contribution in [1.29, 1.82) is 0 Å². The summed E-state index contributed by atoms with van der Waals surface area (Å²) in [6.45, 7) is 4.84. The molecule has 4 aromatic rings. The van der Waals surface area contributed by atoms with Gasteiger partial charge in [0.15, 0.2) is 11.6 Å². The minimum Gasteiger partial charge on any atom is -0.341 e. The average molecular weight is 559 g/mol. The van der Waals surface area contributed by atoms with Gasteiger partial charge in [-0.15, -0.1) is 0 Å². The molecule has 13 heteroatoms. The SMILES string of the molecule is CC(C)n1ncc(Cl)c1-c1ncc2c(n1)N(Cc1ccc(-c3nc(C(C)(F)F)cn3C)c(F)c1)CC(=O)N2C. The van der Waals surface area contributed by atoms with Crippen LogP contribution in [0.4, 0.5) is 24.7 Å². The van der Waals surface area contributed by atoms with E-state index in [1.165, 1.54) is 41.0 Å². The molecule has 0 fully saturated rings. The van der Waals surface area contributed by atoms with Gasteiger partial charge in [-0.3, -0.25) is 9.48 Å². The maximum atomic E-state index is 15.2. The molecule has 0 unspecified atom stereocenters. The molecule has 0 bridgehead atoms. The van der Waals surface area contributed by atoms with E-state index in [0.29, 0.717) is 33.6 Å². The highest BCUT2D eigenvalue weighted by molar-refractivity contribution is 6.32. The quantitative estimate of drug-likeness (QED) is 0.323. The van der Waals surface area contributed by atoms with Gasteiger partial charge in [0.1, 0.15) is 28.7 Å². The van der Waals surface area contributed by atoms with Gasteiger partial charge in [0.25, 0.3) is 5.92 Å². The first-order valence-corrected chi connectivity index (χ1v) is 12.5. The molecule has 0 saturated heterocycles. The smallest absolute Gasteiger partial charge is 0.288 e. The lowest BCUT2D eigenvalue weighted by molar-refractivity contribution is -0.117. The Labute approximate surface area is 227 Å². The first kappa shape index (κ1) is 26.7. The zero-order chi connectivity index (χ0) is 28.2. The predicted octanol–water partition coefficient (Wildman–Crippen LogP) is 5.21. The third kappa shape index (κ3) is 4.84. The van der Waals surface area contributed by atoms with Crippen LogP contribution in [-0.2, 0) is 24.3 Å². The number of carbonyl (C=O) groups is 1. The van der Waals surface area contributed by atoms with E-state index in [0.717, 1.165) is 6.92 Å². The summed E-state index contributed by atoms with van der Waals surface area (Å²) < 4.78 is 45.8. The van der Waals surface area contributed by atoms with Crippen molar-refractivity contribution in [2.75, 3.05) is 23.4 Å². The van der Waals surface area contributed by atoms with Gasteiger partial charge in [-0.25, -0.2) is 19.3 Å². The lowest BCUT2D eigenvalue weighted by atomic mass is 10.1. The Hall–Kier alpha value is -3.93. The van der Waals surface area contributed by atoms with Gasteiger partial charge in [0.05, 0.1) is 29.5 Å². The Kier molecular flexibility index (Phi) is 6.61. The summed E-state index contributed by atoms with van der Waals surface area (Å²) in [6, 6.07) is 4.48. The minimum atomic E-state index is -3.15. The van der Waals surface area contributed by atoms with Gasteiger partial charge >= 0.3 is 0 Å². The van der Waals surface area contributed by atoms with Crippen LogP contribution in [0.15, 0.2) is 36.8 Å². The molecule has 9 nitrogen and oxygen atoms in total. The van der Waals surface area contributed by atoms with Crippen LogP contribution in [0.25, 0.3) is 22.9 Å². The molecule has 4 heterocycles. The first-order chi connectivity index (χ1) is 18.3. The summed E-state index contributed by atoms with van der Waals surface area (Å²) in [6.07, 6.45) is 4.27. The predicted molar refractivity (Wildman–Crippen MR) is 141 cm³/mol. The summed E-state index contributed by atoms with van der Waals surface area (Å²) in [5.74, 6) is -3.03. The normalized spacial score (nSPS) is 13.9. The molecule has 1 aromatic carbocycles. The Morgan fingerprint density at radius 1 is 1.15 bits per heavy atom. The van der Waals surface area contributed by atoms with Crippen molar-refractivity contribution in [2.45, 2.75) is 39.3 Å². The maximum absolute atomic E-state index is 15.2. The number of carbonyl (C=O) groups excluding carboxylic acids is 1. The second-order valence-corrected chi connectivity index (χ2v) is 10.3. The molecule has 3 aromatic heterocycles. The molecule has 1 aliphatic heterocycles. The maximum Gasteiger partial charge on any atom is 0.288 e. The second kappa shape index (κ2) is 9.67. The van der Waals surface area contributed by atoms with Gasteiger partial charge in [-0.2, -0.15) is 13.9 Å². The van der Waals surface area contributed by atoms with Crippen LogP contribution in [0.5, 0.6) is 0 Å². The fraction of sp³-hybridized carbons (Fsp3) is 0.346. The zero-order valence-electron chi connectivity index (χ0n) is 22.0. The molecule has 1 aliphatic rings. The van der Waals surface area contributed by atoms with Crippen LogP contribution < -0.4 is 9.80 Å². The molecule has 39 heavy (non-hydrogen) atoms. The van der Waals surface area contributed by atoms with Crippen LogP contribution >= 0.6 is 11.6 Å². The second-order valence-electron chi connectivity index (χ2n) is 9.85. The summed E-state index contributed by atoms with van der Waals surface area (Å²) >= 11 is 6.41. The number of likely N-dealkylation sites (N-methyl/N-ethyl adjacent to an activating group) is 1. The van der Waals surface area contributed by atoms with Crippen molar-refractivity contribution < 1.29 is 18.0 Å². The van der Waals surface area contributed by atoms with Gasteiger partial charge in [-0.1, -0.05) is 17.7 Å². The number of nitrogens with zero attached hydrogens (tertiary/aromatic N) is 8. The average Bonchev–Trinajstić information content (AvgIpc) is 3.45. The lowest BCUT2D eigenvalue weighted by Crippen LogP contribution is -2.44. The van der Waals surface area contributed by atoms with E-state index < -0.39 is 17.4 Å². The van der Waals surface area contributed by atoms with E-state index in [-0.39, 0.29) is 36.4 Å². The Bertz CT molecular complexity index is 1580. The first-order valence-electron chi connectivity index (χ1n) is 12.2. The molecule has 0 aliphatic carbocycles. The van der Waals surface area contributed by atoms with Crippen molar-refractivity contribution in [2.24, 2.45) is 7.05 Å². The van der Waals surface area contributed by atoms with Gasteiger partial charge < -0.3 is 14.4 Å². The third-order valence-corrected chi connectivity index (χ3v) is 6.81. The fourth-order valence-corrected chi connectivity index (χ4v) is 4.70. The van der Waals surface area contributed by atoms with Crippen molar-refractivity contribution in [3.05, 3.63) is 58.9 Å². The summed E-state index contributed by atoms with van der Waals surface area (Å²) in [4.78, 5) is 29.1. The third-order valence-electron chi connectivity index (χ3n) is 6.54. The number of aromatic nitrogens is 6. The summed E-state index contributed by atoms with van der Waals surface area (Å²) in [7, 11) is 3.18. The number of hydrogen-bond donors (Lipinski definition) is 0. The monoisotopic (exact) mass is 558 g/mol. The standard InChI is InChI=1S/C26H26ClF3N8O/c1-14(2)38-22(17(27)9-32-38)23-31-10-19-25(34-23)37(13-21(39)36(19)5)11-15-6-7-16(18(28)8-15)24-33-20(12-35(24)4)26(3,29)30/h6-10,12,14H,11,13H2,1-5H3. The van der Waals surface area contributed by atoms with E-state index >= 15 is 4.39 Å². The van der Waals surface area contributed by atoms with Crippen LogP contribution in [0, 0.1) is 5.82 Å². The topological polar surface area (TPSA) is 85.0 Å². The van der Waals surface area contributed by atoms with Crippen molar-refractivity contribution in [1.82, 2.24) is 29.3 Å². The molecule has 0 saturated carbocycles. The van der Waals surface area contributed by atoms with E-state index in [9.17, 15) is 13.6 Å². The molecule has 0 N–H and O–H groups in total. The molecule has 5 rings (SSSR count). The highest BCUT2D eigenvalue weighted by atomic mass is 35.5. The molecule has 0 spiro atoms. The van der Waals surface area contributed by atoms with Crippen molar-refractivity contribution >= 4 is 29.0 Å². The number of alkyl halides is 2. The van der Waals surface area contributed by atoms with Crippen LogP contribution in [0.1, 0.15) is 38.1 Å². The van der Waals surface area contributed by atoms with Crippen LogP contribution in [0.2, 0.25) is 5.02 Å². The van der Waals surface area contributed by atoms with Crippen molar-refractivity contribution in [3.63, 3.8) is 0 Å². The van der Waals surface area contributed by atoms with Gasteiger partial charge in [0.2, 0.25) is 5.91 Å². The minimum absolute atomic E-state index is 0.00678. The Morgan fingerprint density at radius 2 is 1.90 bits per heavy atom. The molecule has 1 amide bonds. The number of aryl methyl sites for hydroxylation is 1. The Morgan fingerprint density at radius 3 is 2.54 bits per heavy atom. The van der Waals surface area contributed by atoms with Crippen LogP contribution in [0.3, 0.4) is 0 Å². The zero-order valence-corrected chi connectivity index (χ0v) is 22.7. The van der Waals surface area contributed by atoms with Gasteiger partial charge in [-0.05, 0) is 31.5 Å². The van der Waals surface area contributed by atoms with E-state index in [2.05, 4.69) is 15.1 Å². The summed E-state index contributed by atoms with van der Waals surface area (Å²) in [5, 5.41) is 4.71. The number of imidazole rings is 1. The molecule has 0 atom stereocenters. The number of halogens is 4. The fourth-order valence-electron chi connectivity index (χ4n) is 4.49. The number of rotatable bonds is 6. The number of fused-ring (bicyclic) bond motifs is 1. The summed E-state index contributed by atoms with van der Waals surface area (Å²) in [5.41, 5.74) is 1.26. The number of hydrogen-bond acceptors (Lipinski definition) is 6. The number of benzene rings is 1. The van der Waals surface area contributed by atoms with E-state index in [4.69, 9.17) is 16.6 Å². The highest BCUT2D eigenvalue weighted by Crippen LogP contribution is 2.36. The van der Waals surface area contributed by atoms with Gasteiger partial charge in [0, 0.05) is 39.8 Å². The molecule has 204 valence electrons. The number of amides is 1. The van der Waals surface area contributed by atoms with E-state index in [1.807, 2.05) is 13.8 Å². The molecule has 0 radical (unpaired) electrons. The largest absolute Gasteiger partial charge is 0.341 e.